The molecule has 184 valence electrons. The number of carbonyl (C=O) groups excluding carboxylic acids is 3. The molecule has 36 heavy (non-hydrogen) atoms. The third kappa shape index (κ3) is 3.49. The molecule has 1 aromatic carbocycles. The van der Waals surface area contributed by atoms with Crippen molar-refractivity contribution in [3.05, 3.63) is 68.6 Å². The van der Waals surface area contributed by atoms with E-state index in [2.05, 4.69) is 5.32 Å². The van der Waals surface area contributed by atoms with Crippen molar-refractivity contribution in [3.8, 4) is 11.4 Å². The smallest absolute Gasteiger partial charge is 0.354 e. The number of amides is 1. The Morgan fingerprint density at radius 2 is 2.08 bits per heavy atom. The van der Waals surface area contributed by atoms with E-state index in [4.69, 9.17) is 14.5 Å². The molecule has 2 N–H and O–H groups in total. The molecule has 0 fully saturated rings. The predicted octanol–water partition coefficient (Wildman–Crippen LogP) is 1.73. The third-order valence-corrected chi connectivity index (χ3v) is 6.59. The lowest BCUT2D eigenvalue weighted by atomic mass is 9.86. The van der Waals surface area contributed by atoms with Gasteiger partial charge in [-0.2, -0.15) is 0 Å². The van der Waals surface area contributed by atoms with Crippen molar-refractivity contribution in [1.29, 1.82) is 0 Å². The second-order valence-corrected chi connectivity index (χ2v) is 8.75. The first kappa shape index (κ1) is 23.4. The number of nitrogens with one attached hydrogen (secondary N) is 1. The van der Waals surface area contributed by atoms with E-state index >= 15 is 0 Å². The molecule has 1 amide bonds. The van der Waals surface area contributed by atoms with Crippen molar-refractivity contribution in [3.63, 3.8) is 0 Å². The van der Waals surface area contributed by atoms with Crippen LogP contribution in [0.4, 0.5) is 0 Å². The van der Waals surface area contributed by atoms with Gasteiger partial charge in [0, 0.05) is 29.0 Å². The maximum absolute atomic E-state index is 13.3. The number of pyridine rings is 2. The quantitative estimate of drug-likeness (QED) is 0.327. The lowest BCUT2D eigenvalue weighted by molar-refractivity contribution is -0.172. The molecule has 1 atom stereocenters. The first-order chi connectivity index (χ1) is 17.2. The van der Waals surface area contributed by atoms with Crippen LogP contribution in [-0.4, -0.2) is 39.6 Å². The summed E-state index contributed by atoms with van der Waals surface area (Å²) in [5.74, 6) is -1.93. The number of aliphatic hydroxyl groups is 1. The highest BCUT2D eigenvalue weighted by molar-refractivity contribution is 6.00. The number of esters is 2. The van der Waals surface area contributed by atoms with Crippen molar-refractivity contribution in [2.24, 2.45) is 0 Å². The van der Waals surface area contributed by atoms with Gasteiger partial charge in [-0.3, -0.25) is 9.59 Å². The molecule has 2 aromatic heterocycles. The number of fused-ring (bicyclic) bond motifs is 5. The predicted molar refractivity (Wildman–Crippen MR) is 128 cm³/mol. The fourth-order valence-electron chi connectivity index (χ4n) is 4.75. The Morgan fingerprint density at radius 1 is 1.31 bits per heavy atom. The maximum Gasteiger partial charge on any atom is 0.354 e. The molecule has 0 bridgehead atoms. The van der Waals surface area contributed by atoms with Crippen molar-refractivity contribution in [1.82, 2.24) is 14.9 Å². The number of aromatic nitrogens is 2. The van der Waals surface area contributed by atoms with Crippen molar-refractivity contribution < 1.29 is 29.0 Å². The van der Waals surface area contributed by atoms with E-state index < -0.39 is 23.4 Å². The summed E-state index contributed by atoms with van der Waals surface area (Å²) in [7, 11) is 1.22. The lowest BCUT2D eigenvalue weighted by Gasteiger charge is -2.31. The number of para-hydroxylation sites is 1. The minimum atomic E-state index is -1.91. The molecule has 4 heterocycles. The van der Waals surface area contributed by atoms with E-state index in [9.17, 15) is 24.3 Å². The molecule has 5 rings (SSSR count). The topological polar surface area (TPSA) is 137 Å². The maximum atomic E-state index is 13.3. The van der Waals surface area contributed by atoms with Gasteiger partial charge in [0.15, 0.2) is 5.60 Å². The fourth-order valence-corrected chi connectivity index (χ4v) is 4.75. The number of hydrogen-bond donors (Lipinski definition) is 2. The standard InChI is InChI=1S/C26H23N3O7/c1-4-26(34)18-10-20-22-16(11-29(20)23(31)17(18)12-36-25(26)33)8-14-6-5-7-15(21(14)28-22)9-19(24(32)35-3)27-13(2)30/h5-10,34H,4,11-12H2,1-3H3,(H,27,30)/b19-9-. The molecule has 0 saturated heterocycles. The second kappa shape index (κ2) is 8.42. The molecular formula is C26H23N3O7. The van der Waals surface area contributed by atoms with Crippen LogP contribution >= 0.6 is 0 Å². The van der Waals surface area contributed by atoms with Crippen LogP contribution in [0, 0.1) is 0 Å². The SMILES string of the molecule is CCC1(O)C(=O)OCc2c1cc1n(c2=O)Cc2cc3cccc(/C=C(\NC(C)=O)C(=O)OC)c3nc2-1. The van der Waals surface area contributed by atoms with E-state index in [-0.39, 0.29) is 42.0 Å². The van der Waals surface area contributed by atoms with Crippen LogP contribution in [-0.2, 0) is 42.6 Å². The largest absolute Gasteiger partial charge is 0.464 e. The minimum Gasteiger partial charge on any atom is -0.464 e. The van der Waals surface area contributed by atoms with Gasteiger partial charge in [-0.15, -0.1) is 0 Å². The van der Waals surface area contributed by atoms with Gasteiger partial charge in [-0.1, -0.05) is 25.1 Å². The van der Waals surface area contributed by atoms with Crippen LogP contribution < -0.4 is 10.9 Å². The number of nitrogens with zero attached hydrogens (tertiary/aromatic N) is 2. The van der Waals surface area contributed by atoms with Gasteiger partial charge in [0.05, 0.1) is 36.1 Å². The highest BCUT2D eigenvalue weighted by atomic mass is 16.6. The minimum absolute atomic E-state index is 0.0444. The van der Waals surface area contributed by atoms with Gasteiger partial charge in [-0.25, -0.2) is 14.6 Å². The summed E-state index contributed by atoms with van der Waals surface area (Å²) >= 11 is 0. The highest BCUT2D eigenvalue weighted by Crippen LogP contribution is 2.39. The van der Waals surface area contributed by atoms with E-state index in [1.807, 2.05) is 12.1 Å². The Kier molecular flexibility index (Phi) is 5.48. The summed E-state index contributed by atoms with van der Waals surface area (Å²) in [5, 5.41) is 14.3. The summed E-state index contributed by atoms with van der Waals surface area (Å²) in [6.45, 7) is 3.01. The Balaban J connectivity index is 1.72. The first-order valence-electron chi connectivity index (χ1n) is 11.3. The van der Waals surface area contributed by atoms with Crippen molar-refractivity contribution in [2.45, 2.75) is 39.0 Å². The number of ether oxygens (including phenoxy) is 2. The van der Waals surface area contributed by atoms with Gasteiger partial charge < -0.3 is 24.5 Å². The first-order valence-corrected chi connectivity index (χ1v) is 11.3. The summed E-state index contributed by atoms with van der Waals surface area (Å²) in [4.78, 5) is 54.3. The number of carbonyl (C=O) groups is 3. The van der Waals surface area contributed by atoms with Gasteiger partial charge >= 0.3 is 11.9 Å². The summed E-state index contributed by atoms with van der Waals surface area (Å²) < 4.78 is 11.4. The van der Waals surface area contributed by atoms with E-state index in [1.54, 1.807) is 29.7 Å². The molecule has 0 spiro atoms. The normalized spacial score (nSPS) is 18.2. The Morgan fingerprint density at radius 3 is 2.78 bits per heavy atom. The van der Waals surface area contributed by atoms with Crippen LogP contribution in [0.3, 0.4) is 0 Å². The molecule has 3 aromatic rings. The molecule has 2 aliphatic heterocycles. The van der Waals surface area contributed by atoms with Crippen LogP contribution in [0.15, 0.2) is 40.8 Å². The monoisotopic (exact) mass is 489 g/mol. The van der Waals surface area contributed by atoms with E-state index in [1.165, 1.54) is 20.1 Å². The summed E-state index contributed by atoms with van der Waals surface area (Å²) in [6, 6.07) is 8.94. The third-order valence-electron chi connectivity index (χ3n) is 6.59. The van der Waals surface area contributed by atoms with Gasteiger partial charge in [0.2, 0.25) is 5.91 Å². The summed E-state index contributed by atoms with van der Waals surface area (Å²) in [5.41, 5.74) is 1.07. The van der Waals surface area contributed by atoms with Crippen LogP contribution in [0.5, 0.6) is 0 Å². The molecular weight excluding hydrogens is 466 g/mol. The van der Waals surface area contributed by atoms with Crippen molar-refractivity contribution >= 4 is 34.8 Å². The van der Waals surface area contributed by atoms with Gasteiger partial charge in [0.1, 0.15) is 12.3 Å². The second-order valence-electron chi connectivity index (χ2n) is 8.75. The molecule has 0 radical (unpaired) electrons. The molecule has 0 aliphatic carbocycles. The van der Waals surface area contributed by atoms with E-state index in [0.717, 1.165) is 10.9 Å². The number of benzene rings is 1. The number of hydrogen-bond acceptors (Lipinski definition) is 8. The van der Waals surface area contributed by atoms with Crippen LogP contribution in [0.25, 0.3) is 28.4 Å². The van der Waals surface area contributed by atoms with Crippen LogP contribution in [0.2, 0.25) is 0 Å². The molecule has 10 nitrogen and oxygen atoms in total. The zero-order chi connectivity index (χ0) is 25.8. The Hall–Kier alpha value is -4.31. The van der Waals surface area contributed by atoms with Gasteiger partial charge in [0.25, 0.3) is 5.56 Å². The number of rotatable bonds is 4. The summed E-state index contributed by atoms with van der Waals surface area (Å²) in [6.07, 6.45) is 1.53. The average Bonchev–Trinajstić information content (AvgIpc) is 3.22. The zero-order valence-electron chi connectivity index (χ0n) is 19.9. The van der Waals surface area contributed by atoms with Crippen molar-refractivity contribution in [2.75, 3.05) is 7.11 Å². The zero-order valence-corrected chi connectivity index (χ0v) is 19.9. The Labute approximate surface area is 205 Å². The van der Waals surface area contributed by atoms with Gasteiger partial charge in [-0.05, 0) is 24.6 Å². The molecule has 0 saturated carbocycles. The fraction of sp³-hybridized carbons (Fsp3) is 0.269. The molecule has 1 unspecified atom stereocenters. The number of methoxy groups -OCH3 is 1. The average molecular weight is 489 g/mol. The number of cyclic esters (lactones) is 1. The van der Waals surface area contributed by atoms with E-state index in [0.29, 0.717) is 22.5 Å². The Bertz CT molecular complexity index is 1570. The lowest BCUT2D eigenvalue weighted by Crippen LogP contribution is -2.44. The highest BCUT2D eigenvalue weighted by Gasteiger charge is 2.45. The van der Waals surface area contributed by atoms with Crippen LogP contribution in [0.1, 0.15) is 42.5 Å². The molecule has 10 heteroatoms. The molecule has 2 aliphatic rings.